The third-order valence-electron chi connectivity index (χ3n) is 1.36. The summed E-state index contributed by atoms with van der Waals surface area (Å²) in [5.41, 5.74) is 6.33. The Balaban J connectivity index is 2.57. The number of thiocarbonyl (C=S) groups is 1. The van der Waals surface area contributed by atoms with E-state index in [1.807, 2.05) is 24.3 Å². The summed E-state index contributed by atoms with van der Waals surface area (Å²) in [6.07, 6.45) is 0. The van der Waals surface area contributed by atoms with Crippen molar-refractivity contribution in [2.75, 3.05) is 0 Å². The lowest BCUT2D eigenvalue weighted by Crippen LogP contribution is -2.28. The highest BCUT2D eigenvalue weighted by molar-refractivity contribution is 7.80. The standard InChI is InChI=1S/C8H9ClN2S/c9-7-3-1-2-6(4-7)5-11-8(10)12/h1-4H,5H2,(H3,10,11,12). The molecule has 3 N–H and O–H groups in total. The fourth-order valence-electron chi connectivity index (χ4n) is 0.836. The zero-order valence-corrected chi connectivity index (χ0v) is 7.95. The van der Waals surface area contributed by atoms with Crippen molar-refractivity contribution in [1.82, 2.24) is 5.32 Å². The maximum absolute atomic E-state index is 5.77. The van der Waals surface area contributed by atoms with E-state index in [2.05, 4.69) is 17.5 Å². The van der Waals surface area contributed by atoms with Crippen LogP contribution in [0.25, 0.3) is 0 Å². The van der Waals surface area contributed by atoms with E-state index in [1.54, 1.807) is 0 Å². The Morgan fingerprint density at radius 2 is 2.33 bits per heavy atom. The summed E-state index contributed by atoms with van der Waals surface area (Å²) in [6, 6.07) is 7.54. The number of halogens is 1. The van der Waals surface area contributed by atoms with Gasteiger partial charge in [0.15, 0.2) is 5.11 Å². The van der Waals surface area contributed by atoms with E-state index in [0.717, 1.165) is 10.6 Å². The van der Waals surface area contributed by atoms with Crippen molar-refractivity contribution in [1.29, 1.82) is 0 Å². The molecule has 1 aromatic carbocycles. The second-order valence-corrected chi connectivity index (χ2v) is 3.22. The molecule has 1 aromatic rings. The molecule has 0 spiro atoms. The van der Waals surface area contributed by atoms with E-state index in [-0.39, 0.29) is 0 Å². The number of hydrogen-bond acceptors (Lipinski definition) is 1. The topological polar surface area (TPSA) is 38.0 Å². The molecule has 12 heavy (non-hydrogen) atoms. The summed E-state index contributed by atoms with van der Waals surface area (Å²) in [7, 11) is 0. The Labute approximate surface area is 81.7 Å². The molecule has 0 unspecified atom stereocenters. The Bertz CT molecular complexity index is 288. The van der Waals surface area contributed by atoms with E-state index in [0.29, 0.717) is 11.7 Å². The van der Waals surface area contributed by atoms with Crippen molar-refractivity contribution in [2.45, 2.75) is 6.54 Å². The molecule has 2 nitrogen and oxygen atoms in total. The van der Waals surface area contributed by atoms with Gasteiger partial charge in [0.25, 0.3) is 0 Å². The molecule has 0 aliphatic heterocycles. The van der Waals surface area contributed by atoms with E-state index in [9.17, 15) is 0 Å². The molecule has 0 atom stereocenters. The largest absolute Gasteiger partial charge is 0.376 e. The molecule has 0 fully saturated rings. The highest BCUT2D eigenvalue weighted by Gasteiger charge is 1.93. The molecular formula is C8H9ClN2S. The fraction of sp³-hybridized carbons (Fsp3) is 0.125. The average molecular weight is 201 g/mol. The minimum Gasteiger partial charge on any atom is -0.376 e. The van der Waals surface area contributed by atoms with Crippen molar-refractivity contribution in [3.8, 4) is 0 Å². The van der Waals surface area contributed by atoms with Crippen LogP contribution in [-0.4, -0.2) is 5.11 Å². The van der Waals surface area contributed by atoms with E-state index in [1.165, 1.54) is 0 Å². The average Bonchev–Trinajstić information content (AvgIpc) is 2.01. The van der Waals surface area contributed by atoms with Gasteiger partial charge in [-0.15, -0.1) is 0 Å². The van der Waals surface area contributed by atoms with Crippen molar-refractivity contribution >= 4 is 28.9 Å². The van der Waals surface area contributed by atoms with Gasteiger partial charge in [-0.1, -0.05) is 23.7 Å². The van der Waals surface area contributed by atoms with Crippen molar-refractivity contribution in [3.63, 3.8) is 0 Å². The van der Waals surface area contributed by atoms with Gasteiger partial charge in [0, 0.05) is 11.6 Å². The van der Waals surface area contributed by atoms with Gasteiger partial charge >= 0.3 is 0 Å². The van der Waals surface area contributed by atoms with Crippen LogP contribution in [0.15, 0.2) is 24.3 Å². The van der Waals surface area contributed by atoms with Gasteiger partial charge in [-0.3, -0.25) is 0 Å². The SMILES string of the molecule is NC(=S)NCc1cccc(Cl)c1. The van der Waals surface area contributed by atoms with Gasteiger partial charge in [-0.25, -0.2) is 0 Å². The summed E-state index contributed by atoms with van der Waals surface area (Å²) in [4.78, 5) is 0. The van der Waals surface area contributed by atoms with E-state index < -0.39 is 0 Å². The number of benzene rings is 1. The molecule has 0 radical (unpaired) electrons. The van der Waals surface area contributed by atoms with Gasteiger partial charge in [0.2, 0.25) is 0 Å². The Hall–Kier alpha value is -0.800. The normalized spacial score (nSPS) is 9.42. The first-order chi connectivity index (χ1) is 5.68. The number of hydrogen-bond donors (Lipinski definition) is 2. The van der Waals surface area contributed by atoms with Crippen molar-refractivity contribution in [3.05, 3.63) is 34.9 Å². The second kappa shape index (κ2) is 4.28. The summed E-state index contributed by atoms with van der Waals surface area (Å²) >= 11 is 10.4. The van der Waals surface area contributed by atoms with E-state index >= 15 is 0 Å². The van der Waals surface area contributed by atoms with Crippen LogP contribution in [0.3, 0.4) is 0 Å². The first kappa shape index (κ1) is 9.29. The Morgan fingerprint density at radius 1 is 1.58 bits per heavy atom. The number of nitrogens with two attached hydrogens (primary N) is 1. The first-order valence-corrected chi connectivity index (χ1v) is 4.25. The molecule has 0 heterocycles. The highest BCUT2D eigenvalue weighted by Crippen LogP contribution is 2.09. The minimum atomic E-state index is 0.301. The Kier molecular flexibility index (Phi) is 3.31. The molecule has 0 amide bonds. The minimum absolute atomic E-state index is 0.301. The van der Waals surface area contributed by atoms with Crippen molar-refractivity contribution in [2.24, 2.45) is 5.73 Å². The molecule has 0 bridgehead atoms. The predicted molar refractivity (Wildman–Crippen MR) is 55.1 cm³/mol. The first-order valence-electron chi connectivity index (χ1n) is 3.46. The Morgan fingerprint density at radius 3 is 2.92 bits per heavy atom. The lowest BCUT2D eigenvalue weighted by molar-refractivity contribution is 0.920. The lowest BCUT2D eigenvalue weighted by atomic mass is 10.2. The number of nitrogens with one attached hydrogen (secondary N) is 1. The lowest BCUT2D eigenvalue weighted by Gasteiger charge is -2.03. The van der Waals surface area contributed by atoms with Crippen LogP contribution in [-0.2, 0) is 6.54 Å². The monoisotopic (exact) mass is 200 g/mol. The van der Waals surface area contributed by atoms with Crippen LogP contribution in [0.5, 0.6) is 0 Å². The molecule has 4 heteroatoms. The zero-order valence-electron chi connectivity index (χ0n) is 6.38. The summed E-state index contributed by atoms with van der Waals surface area (Å²) in [6.45, 7) is 0.621. The smallest absolute Gasteiger partial charge is 0.163 e. The number of rotatable bonds is 2. The molecule has 0 aromatic heterocycles. The second-order valence-electron chi connectivity index (χ2n) is 2.35. The molecule has 0 aliphatic carbocycles. The zero-order chi connectivity index (χ0) is 8.97. The maximum atomic E-state index is 5.77. The van der Waals surface area contributed by atoms with Crippen LogP contribution in [0.2, 0.25) is 5.02 Å². The molecular weight excluding hydrogens is 192 g/mol. The molecule has 0 saturated heterocycles. The molecule has 0 saturated carbocycles. The fourth-order valence-corrected chi connectivity index (χ4v) is 1.12. The summed E-state index contributed by atoms with van der Waals surface area (Å²) in [5.74, 6) is 0. The van der Waals surface area contributed by atoms with Gasteiger partial charge in [0.05, 0.1) is 0 Å². The third-order valence-corrected chi connectivity index (χ3v) is 1.74. The van der Waals surface area contributed by atoms with Gasteiger partial charge in [-0.05, 0) is 29.9 Å². The third kappa shape index (κ3) is 3.07. The molecule has 64 valence electrons. The maximum Gasteiger partial charge on any atom is 0.163 e. The molecule has 1 rings (SSSR count). The van der Waals surface area contributed by atoms with E-state index in [4.69, 9.17) is 17.3 Å². The van der Waals surface area contributed by atoms with Crippen LogP contribution in [0.1, 0.15) is 5.56 Å². The predicted octanol–water partition coefficient (Wildman–Crippen LogP) is 1.67. The highest BCUT2D eigenvalue weighted by atomic mass is 35.5. The summed E-state index contributed by atoms with van der Waals surface area (Å²) < 4.78 is 0. The van der Waals surface area contributed by atoms with Gasteiger partial charge in [-0.2, -0.15) is 0 Å². The van der Waals surface area contributed by atoms with Crippen LogP contribution < -0.4 is 11.1 Å². The van der Waals surface area contributed by atoms with Crippen LogP contribution in [0, 0.1) is 0 Å². The van der Waals surface area contributed by atoms with Crippen molar-refractivity contribution < 1.29 is 0 Å². The van der Waals surface area contributed by atoms with Crippen LogP contribution in [0.4, 0.5) is 0 Å². The van der Waals surface area contributed by atoms with Gasteiger partial charge in [0.1, 0.15) is 0 Å². The summed E-state index contributed by atoms with van der Waals surface area (Å²) in [5, 5.41) is 3.86. The quantitative estimate of drug-likeness (QED) is 0.714. The van der Waals surface area contributed by atoms with Gasteiger partial charge < -0.3 is 11.1 Å². The molecule has 0 aliphatic rings. The van der Waals surface area contributed by atoms with Crippen LogP contribution >= 0.6 is 23.8 Å².